The van der Waals surface area contributed by atoms with Crippen LogP contribution in [0.15, 0.2) is 85.4 Å². The van der Waals surface area contributed by atoms with Crippen molar-refractivity contribution < 1.29 is 39.9 Å². The summed E-state index contributed by atoms with van der Waals surface area (Å²) in [6.45, 7) is 3.10. The Balaban J connectivity index is 1.64. The Morgan fingerprint density at radius 2 is 1.68 bits per heavy atom. The summed E-state index contributed by atoms with van der Waals surface area (Å²) < 4.78 is 110. The van der Waals surface area contributed by atoms with E-state index in [1.54, 1.807) is 32.3 Å². The number of hydrogen-bond donors (Lipinski definition) is 1. The molecule has 15 heteroatoms. The van der Waals surface area contributed by atoms with Crippen molar-refractivity contribution in [1.29, 1.82) is 0 Å². The van der Waals surface area contributed by atoms with Gasteiger partial charge in [-0.3, -0.25) is 0 Å². The minimum Gasteiger partial charge on any atom is -0.493 e. The smallest absolute Gasteiger partial charge is 0.417 e. The Hall–Kier alpha value is -3.40. The fourth-order valence-corrected chi connectivity index (χ4v) is 8.79. The molecule has 47 heavy (non-hydrogen) atoms. The maximum absolute atomic E-state index is 15.1. The lowest BCUT2D eigenvalue weighted by atomic mass is 9.73. The average molecular weight is 757 g/mol. The molecule has 252 valence electrons. The molecule has 4 aromatic rings. The molecule has 0 radical (unpaired) electrons. The number of rotatable bonds is 10. The molecule has 0 aliphatic carbocycles. The van der Waals surface area contributed by atoms with Gasteiger partial charge in [-0.15, -0.1) is 4.40 Å². The van der Waals surface area contributed by atoms with Crippen LogP contribution in [0.2, 0.25) is 0 Å². The third-order valence-electron chi connectivity index (χ3n) is 8.01. The highest BCUT2D eigenvalue weighted by Crippen LogP contribution is 2.48. The maximum Gasteiger partial charge on any atom is 0.417 e. The van der Waals surface area contributed by atoms with Crippen molar-refractivity contribution in [2.75, 3.05) is 20.7 Å². The SMILES string of the molecule is CN(C)/C=N/S(=O)(=O)c1cc2c(c(C(C)(C)CC(O)(Cc3cc4cc(Br)ccc4n3S(=O)(=O)c3ccccc3)C(F)(F)F)c1)OCC2. The topological polar surface area (TPSA) is 118 Å². The van der Waals surface area contributed by atoms with Crippen LogP contribution < -0.4 is 4.74 Å². The van der Waals surface area contributed by atoms with E-state index in [-0.39, 0.29) is 38.9 Å². The number of ether oxygens (including phenoxy) is 1. The number of fused-ring (bicyclic) bond motifs is 2. The fourth-order valence-electron chi connectivity index (χ4n) is 5.86. The molecule has 3 aromatic carbocycles. The molecule has 2 heterocycles. The summed E-state index contributed by atoms with van der Waals surface area (Å²) in [6.07, 6.45) is -5.87. The summed E-state index contributed by atoms with van der Waals surface area (Å²) in [4.78, 5) is 1.07. The van der Waals surface area contributed by atoms with Crippen LogP contribution >= 0.6 is 15.9 Å². The first-order chi connectivity index (χ1) is 21.7. The zero-order chi connectivity index (χ0) is 34.6. The van der Waals surface area contributed by atoms with Gasteiger partial charge in [0.15, 0.2) is 5.60 Å². The fraction of sp³-hybridized carbons (Fsp3) is 0.344. The van der Waals surface area contributed by atoms with Crippen LogP contribution in [0.25, 0.3) is 10.9 Å². The third-order valence-corrected chi connectivity index (χ3v) is 11.5. The van der Waals surface area contributed by atoms with Gasteiger partial charge in [-0.2, -0.15) is 21.6 Å². The van der Waals surface area contributed by atoms with Crippen molar-refractivity contribution in [2.24, 2.45) is 4.40 Å². The number of benzene rings is 3. The zero-order valence-electron chi connectivity index (χ0n) is 25.9. The minimum atomic E-state index is -5.23. The van der Waals surface area contributed by atoms with E-state index < -0.39 is 50.1 Å². The summed E-state index contributed by atoms with van der Waals surface area (Å²) in [7, 11) is -5.46. The first kappa shape index (κ1) is 34.9. The van der Waals surface area contributed by atoms with E-state index in [0.717, 1.165) is 10.3 Å². The minimum absolute atomic E-state index is 0.137. The van der Waals surface area contributed by atoms with Crippen LogP contribution in [-0.4, -0.2) is 69.6 Å². The largest absolute Gasteiger partial charge is 0.493 e. The Kier molecular flexibility index (Phi) is 9.10. The Bertz CT molecular complexity index is 2080. The molecule has 5 rings (SSSR count). The van der Waals surface area contributed by atoms with Gasteiger partial charge in [-0.25, -0.2) is 12.4 Å². The van der Waals surface area contributed by atoms with E-state index in [9.17, 15) is 21.9 Å². The number of aliphatic hydroxyl groups is 1. The Morgan fingerprint density at radius 3 is 2.32 bits per heavy atom. The lowest BCUT2D eigenvalue weighted by Crippen LogP contribution is -2.51. The van der Waals surface area contributed by atoms with Crippen LogP contribution in [0.5, 0.6) is 5.75 Å². The molecule has 1 unspecified atom stereocenters. The summed E-state index contributed by atoms with van der Waals surface area (Å²) in [5, 5.41) is 12.0. The van der Waals surface area contributed by atoms with E-state index in [2.05, 4.69) is 20.3 Å². The van der Waals surface area contributed by atoms with Crippen molar-refractivity contribution in [1.82, 2.24) is 8.87 Å². The van der Waals surface area contributed by atoms with Gasteiger partial charge in [0.25, 0.3) is 20.0 Å². The maximum atomic E-state index is 15.1. The highest BCUT2D eigenvalue weighted by Gasteiger charge is 2.57. The van der Waals surface area contributed by atoms with Crippen LogP contribution in [0.3, 0.4) is 0 Å². The average Bonchev–Trinajstić information content (AvgIpc) is 3.59. The number of hydrogen-bond acceptors (Lipinski definition) is 6. The molecule has 0 amide bonds. The van der Waals surface area contributed by atoms with E-state index in [4.69, 9.17) is 4.74 Å². The van der Waals surface area contributed by atoms with Gasteiger partial charge in [0, 0.05) is 48.1 Å². The Morgan fingerprint density at radius 1 is 1.00 bits per heavy atom. The molecule has 1 aromatic heterocycles. The molecule has 1 N–H and O–H groups in total. The van der Waals surface area contributed by atoms with E-state index >= 15 is 13.2 Å². The lowest BCUT2D eigenvalue weighted by molar-refractivity contribution is -0.266. The van der Waals surface area contributed by atoms with Gasteiger partial charge in [-0.1, -0.05) is 48.0 Å². The normalized spacial score (nSPS) is 15.5. The molecule has 1 atom stereocenters. The molecule has 0 fully saturated rings. The van der Waals surface area contributed by atoms with E-state index in [0.29, 0.717) is 21.8 Å². The second-order valence-electron chi connectivity index (χ2n) is 12.4. The highest BCUT2D eigenvalue weighted by atomic mass is 79.9. The quantitative estimate of drug-likeness (QED) is 0.155. The summed E-state index contributed by atoms with van der Waals surface area (Å²) in [5.74, 6) is 0.251. The molecule has 0 bridgehead atoms. The number of nitrogens with zero attached hydrogens (tertiary/aromatic N) is 3. The van der Waals surface area contributed by atoms with Crippen LogP contribution in [0, 0.1) is 0 Å². The van der Waals surface area contributed by atoms with Gasteiger partial charge < -0.3 is 14.7 Å². The van der Waals surface area contributed by atoms with Crippen LogP contribution in [0.4, 0.5) is 13.2 Å². The molecule has 0 saturated heterocycles. The predicted octanol–water partition coefficient (Wildman–Crippen LogP) is 6.06. The van der Waals surface area contributed by atoms with Gasteiger partial charge in [0.1, 0.15) is 12.1 Å². The predicted molar refractivity (Wildman–Crippen MR) is 176 cm³/mol. The molecular weight excluding hydrogens is 723 g/mol. The molecule has 1 aliphatic rings. The van der Waals surface area contributed by atoms with Gasteiger partial charge >= 0.3 is 6.18 Å². The molecule has 9 nitrogen and oxygen atoms in total. The standard InChI is InChI=1S/C32H33BrF3N3O6S2/c1-30(2,27-17-26(16-21-12-13-45-29(21)27)46(41,42)37-20-38(3)4)19-31(40,32(34,35)36)18-24-15-22-14-23(33)10-11-28(22)39(24)47(43,44)25-8-6-5-7-9-25/h5-11,14-17,20,40H,12-13,18-19H2,1-4H3/b37-20+. The van der Waals surface area contributed by atoms with E-state index in [1.165, 1.54) is 67.3 Å². The lowest BCUT2D eigenvalue weighted by Gasteiger charge is -2.38. The van der Waals surface area contributed by atoms with Crippen LogP contribution in [0.1, 0.15) is 37.1 Å². The highest BCUT2D eigenvalue weighted by molar-refractivity contribution is 9.10. The summed E-state index contributed by atoms with van der Waals surface area (Å²) >= 11 is 3.33. The van der Waals surface area contributed by atoms with Gasteiger partial charge in [0.2, 0.25) is 0 Å². The van der Waals surface area contributed by atoms with Gasteiger partial charge in [-0.05, 0) is 65.9 Å². The molecule has 1 aliphatic heterocycles. The monoisotopic (exact) mass is 755 g/mol. The van der Waals surface area contributed by atoms with Crippen LogP contribution in [-0.2, 0) is 38.3 Å². The number of sulfonamides is 1. The summed E-state index contributed by atoms with van der Waals surface area (Å²) in [5.41, 5.74) is -4.50. The second-order valence-corrected chi connectivity index (χ2v) is 16.7. The van der Waals surface area contributed by atoms with Crippen molar-refractivity contribution in [2.45, 2.75) is 60.1 Å². The Labute approximate surface area is 279 Å². The first-order valence-corrected chi connectivity index (χ1v) is 18.1. The van der Waals surface area contributed by atoms with Crippen molar-refractivity contribution in [3.63, 3.8) is 0 Å². The second kappa shape index (κ2) is 12.2. The number of halogens is 4. The number of aromatic nitrogens is 1. The molecule has 0 spiro atoms. The van der Waals surface area contributed by atoms with E-state index in [1.807, 2.05) is 0 Å². The third kappa shape index (κ3) is 6.80. The van der Waals surface area contributed by atoms with Crippen molar-refractivity contribution in [3.05, 3.63) is 88.0 Å². The van der Waals surface area contributed by atoms with Gasteiger partial charge in [0.05, 0.1) is 21.9 Å². The zero-order valence-corrected chi connectivity index (χ0v) is 29.1. The first-order valence-electron chi connectivity index (χ1n) is 14.4. The molecular formula is C32H33BrF3N3O6S2. The van der Waals surface area contributed by atoms with Crippen molar-refractivity contribution >= 4 is 53.2 Å². The molecule has 0 saturated carbocycles. The van der Waals surface area contributed by atoms with Crippen molar-refractivity contribution in [3.8, 4) is 5.75 Å². The summed E-state index contributed by atoms with van der Waals surface area (Å²) in [6, 6.07) is 15.9. The number of alkyl halides is 3.